The molecule has 0 saturated heterocycles. The van der Waals surface area contributed by atoms with Crippen LogP contribution in [0.5, 0.6) is 0 Å². The Labute approximate surface area is 201 Å². The standard InChI is InChI=1S/C32H28N2/c1-19-11-9-12-20(2)29(19)33-31-27-23-15-5-7-17-25(23)28(26-18-8-6-16-24(26)27)32(31)34-30-21(3)13-10-14-22(30)4/h5-18,27-28H,1-4H3. The first-order valence-electron chi connectivity index (χ1n) is 12.0. The van der Waals surface area contributed by atoms with Crippen molar-refractivity contribution in [3.63, 3.8) is 0 Å². The predicted molar refractivity (Wildman–Crippen MR) is 143 cm³/mol. The van der Waals surface area contributed by atoms with Gasteiger partial charge in [0, 0.05) is 0 Å². The van der Waals surface area contributed by atoms with Gasteiger partial charge < -0.3 is 0 Å². The molecular formula is C32H28N2. The third-order valence-corrected chi connectivity index (χ3v) is 7.39. The number of rotatable bonds is 2. The summed E-state index contributed by atoms with van der Waals surface area (Å²) < 4.78 is 0. The third kappa shape index (κ3) is 3.09. The Morgan fingerprint density at radius 2 is 0.706 bits per heavy atom. The Bertz CT molecular complexity index is 1300. The number of aliphatic imine (C=N–C) groups is 2. The molecule has 34 heavy (non-hydrogen) atoms. The van der Waals surface area contributed by atoms with Crippen LogP contribution < -0.4 is 0 Å². The van der Waals surface area contributed by atoms with Gasteiger partial charge in [-0.15, -0.1) is 0 Å². The lowest BCUT2D eigenvalue weighted by Gasteiger charge is -2.42. The summed E-state index contributed by atoms with van der Waals surface area (Å²) in [5.41, 5.74) is 14.5. The minimum atomic E-state index is 0.0829. The molecule has 0 amide bonds. The topological polar surface area (TPSA) is 24.7 Å². The van der Waals surface area contributed by atoms with E-state index in [1.807, 2.05) is 0 Å². The van der Waals surface area contributed by atoms with E-state index >= 15 is 0 Å². The molecule has 2 bridgehead atoms. The van der Waals surface area contributed by atoms with Crippen molar-refractivity contribution >= 4 is 22.8 Å². The highest BCUT2D eigenvalue weighted by atomic mass is 14.9. The Morgan fingerprint density at radius 1 is 0.412 bits per heavy atom. The van der Waals surface area contributed by atoms with E-state index in [2.05, 4.69) is 113 Å². The van der Waals surface area contributed by atoms with E-state index < -0.39 is 0 Å². The van der Waals surface area contributed by atoms with Gasteiger partial charge in [0.05, 0.1) is 34.6 Å². The average molecular weight is 441 g/mol. The van der Waals surface area contributed by atoms with Gasteiger partial charge in [-0.1, -0.05) is 84.9 Å². The summed E-state index contributed by atoms with van der Waals surface area (Å²) in [6, 6.07) is 30.5. The summed E-state index contributed by atoms with van der Waals surface area (Å²) in [5.74, 6) is 0.166. The number of para-hydroxylation sites is 2. The van der Waals surface area contributed by atoms with E-state index in [1.54, 1.807) is 0 Å². The Hall–Kier alpha value is -3.78. The summed E-state index contributed by atoms with van der Waals surface area (Å²) in [6.07, 6.45) is 0. The number of fused-ring (bicyclic) bond motifs is 1. The van der Waals surface area contributed by atoms with Crippen molar-refractivity contribution < 1.29 is 0 Å². The van der Waals surface area contributed by atoms with Gasteiger partial charge in [0.2, 0.25) is 0 Å². The van der Waals surface area contributed by atoms with Crippen LogP contribution in [-0.2, 0) is 0 Å². The van der Waals surface area contributed by atoms with E-state index in [0.29, 0.717) is 0 Å². The normalized spacial score (nSPS) is 20.5. The van der Waals surface area contributed by atoms with Crippen molar-refractivity contribution in [2.75, 3.05) is 0 Å². The molecule has 3 aliphatic carbocycles. The molecule has 2 nitrogen and oxygen atoms in total. The lowest BCUT2D eigenvalue weighted by molar-refractivity contribution is 0.876. The SMILES string of the molecule is Cc1cccc(C)c1N=C1C(=Nc2c(C)cccc2C)C2c3ccccc3C1c1ccccc12. The fourth-order valence-electron chi connectivity index (χ4n) is 5.74. The molecule has 0 spiro atoms. The zero-order chi connectivity index (χ0) is 23.4. The van der Waals surface area contributed by atoms with Crippen LogP contribution in [0.25, 0.3) is 0 Å². The Kier molecular flexibility index (Phi) is 4.84. The van der Waals surface area contributed by atoms with Crippen LogP contribution in [0.4, 0.5) is 11.4 Å². The molecular weight excluding hydrogens is 412 g/mol. The van der Waals surface area contributed by atoms with Crippen LogP contribution in [0.15, 0.2) is 94.9 Å². The minimum Gasteiger partial charge on any atom is -0.250 e. The molecule has 166 valence electrons. The highest BCUT2D eigenvalue weighted by molar-refractivity contribution is 6.50. The van der Waals surface area contributed by atoms with Gasteiger partial charge in [0.1, 0.15) is 0 Å². The first-order chi connectivity index (χ1) is 16.5. The fourth-order valence-corrected chi connectivity index (χ4v) is 5.74. The molecule has 0 unspecified atom stereocenters. The number of nitrogens with zero attached hydrogens (tertiary/aromatic N) is 2. The molecule has 4 aromatic carbocycles. The molecule has 0 aliphatic heterocycles. The van der Waals surface area contributed by atoms with Crippen molar-refractivity contribution in [1.82, 2.24) is 0 Å². The van der Waals surface area contributed by atoms with Crippen molar-refractivity contribution in [1.29, 1.82) is 0 Å². The first kappa shape index (κ1) is 20.8. The number of benzene rings is 4. The average Bonchev–Trinajstić information content (AvgIpc) is 2.84. The molecule has 0 radical (unpaired) electrons. The highest BCUT2D eigenvalue weighted by Crippen LogP contribution is 2.51. The highest BCUT2D eigenvalue weighted by Gasteiger charge is 2.45. The summed E-state index contributed by atoms with van der Waals surface area (Å²) in [4.78, 5) is 10.8. The lowest BCUT2D eigenvalue weighted by Crippen LogP contribution is -2.41. The summed E-state index contributed by atoms with van der Waals surface area (Å²) in [7, 11) is 0. The summed E-state index contributed by atoms with van der Waals surface area (Å²) in [6.45, 7) is 8.60. The van der Waals surface area contributed by atoms with Gasteiger partial charge in [-0.25, -0.2) is 9.98 Å². The maximum Gasteiger partial charge on any atom is 0.0754 e. The third-order valence-electron chi connectivity index (χ3n) is 7.39. The molecule has 0 fully saturated rings. The van der Waals surface area contributed by atoms with Gasteiger partial charge in [-0.05, 0) is 72.2 Å². The van der Waals surface area contributed by atoms with E-state index in [0.717, 1.165) is 22.8 Å². The second-order valence-corrected chi connectivity index (χ2v) is 9.60. The predicted octanol–water partition coefficient (Wildman–Crippen LogP) is 8.06. The first-order valence-corrected chi connectivity index (χ1v) is 12.0. The van der Waals surface area contributed by atoms with Crippen LogP contribution in [0.2, 0.25) is 0 Å². The zero-order valence-electron chi connectivity index (χ0n) is 20.1. The van der Waals surface area contributed by atoms with E-state index in [9.17, 15) is 0 Å². The summed E-state index contributed by atoms with van der Waals surface area (Å²) >= 11 is 0. The quantitative estimate of drug-likeness (QED) is 0.301. The molecule has 0 saturated carbocycles. The van der Waals surface area contributed by atoms with Gasteiger partial charge in [-0.2, -0.15) is 0 Å². The molecule has 3 aliphatic rings. The van der Waals surface area contributed by atoms with E-state index in [4.69, 9.17) is 9.98 Å². The van der Waals surface area contributed by atoms with Crippen molar-refractivity contribution in [2.45, 2.75) is 39.5 Å². The largest absolute Gasteiger partial charge is 0.250 e. The van der Waals surface area contributed by atoms with Crippen LogP contribution in [-0.4, -0.2) is 11.4 Å². The second kappa shape index (κ2) is 7.92. The van der Waals surface area contributed by atoms with Crippen LogP contribution >= 0.6 is 0 Å². The molecule has 0 N–H and O–H groups in total. The van der Waals surface area contributed by atoms with Crippen LogP contribution in [0, 0.1) is 27.7 Å². The molecule has 0 aromatic heterocycles. The summed E-state index contributed by atoms with van der Waals surface area (Å²) in [5, 5.41) is 0. The van der Waals surface area contributed by atoms with Crippen molar-refractivity contribution in [2.24, 2.45) is 9.98 Å². The van der Waals surface area contributed by atoms with E-state index in [1.165, 1.54) is 44.5 Å². The monoisotopic (exact) mass is 440 g/mol. The Balaban J connectivity index is 1.71. The van der Waals surface area contributed by atoms with Crippen LogP contribution in [0.1, 0.15) is 56.3 Å². The molecule has 0 heterocycles. The van der Waals surface area contributed by atoms with Gasteiger partial charge in [0.25, 0.3) is 0 Å². The Morgan fingerprint density at radius 3 is 1.00 bits per heavy atom. The molecule has 7 rings (SSSR count). The lowest BCUT2D eigenvalue weighted by atomic mass is 9.61. The maximum atomic E-state index is 5.42. The molecule has 0 atom stereocenters. The smallest absolute Gasteiger partial charge is 0.0754 e. The fraction of sp³-hybridized carbons (Fsp3) is 0.188. The van der Waals surface area contributed by atoms with Gasteiger partial charge in [0.15, 0.2) is 0 Å². The van der Waals surface area contributed by atoms with E-state index in [-0.39, 0.29) is 11.8 Å². The van der Waals surface area contributed by atoms with Gasteiger partial charge >= 0.3 is 0 Å². The number of aryl methyl sites for hydroxylation is 4. The molecule has 4 aromatic rings. The zero-order valence-corrected chi connectivity index (χ0v) is 20.1. The van der Waals surface area contributed by atoms with Crippen molar-refractivity contribution in [3.8, 4) is 0 Å². The minimum absolute atomic E-state index is 0.0829. The number of hydrogen-bond acceptors (Lipinski definition) is 2. The maximum absolute atomic E-state index is 5.42. The van der Waals surface area contributed by atoms with Crippen LogP contribution in [0.3, 0.4) is 0 Å². The number of hydrogen-bond donors (Lipinski definition) is 0. The van der Waals surface area contributed by atoms with Crippen molar-refractivity contribution in [3.05, 3.63) is 129 Å². The second-order valence-electron chi connectivity index (χ2n) is 9.60. The molecule has 2 heteroatoms. The van der Waals surface area contributed by atoms with Gasteiger partial charge in [-0.3, -0.25) is 0 Å².